The van der Waals surface area contributed by atoms with Gasteiger partial charge in [-0.3, -0.25) is 9.20 Å². The Kier molecular flexibility index (Phi) is 6.04. The van der Waals surface area contributed by atoms with Crippen LogP contribution in [0.5, 0.6) is 11.5 Å². The van der Waals surface area contributed by atoms with E-state index in [1.807, 2.05) is 19.1 Å². The van der Waals surface area contributed by atoms with Gasteiger partial charge in [-0.15, -0.1) is 0 Å². The summed E-state index contributed by atoms with van der Waals surface area (Å²) in [6.07, 6.45) is 7.48. The van der Waals surface area contributed by atoms with Crippen LogP contribution in [0.3, 0.4) is 0 Å². The first-order valence-corrected chi connectivity index (χ1v) is 10.6. The lowest BCUT2D eigenvalue weighted by Crippen LogP contribution is -2.43. The molecule has 0 unspecified atom stereocenters. The molecule has 0 spiro atoms. The number of anilines is 3. The number of carbonyl (C=O) groups excluding carboxylic acids is 1. The molecule has 10 heteroatoms. The predicted octanol–water partition coefficient (Wildman–Crippen LogP) is 2.58. The minimum atomic E-state index is -0.636. The number of methoxy groups -OCH3 is 2. The van der Waals surface area contributed by atoms with Gasteiger partial charge in [-0.25, -0.2) is 4.98 Å². The Morgan fingerprint density at radius 2 is 1.88 bits per heavy atom. The number of amides is 1. The van der Waals surface area contributed by atoms with Gasteiger partial charge in [-0.05, 0) is 19.8 Å². The SMILES string of the molecule is COc1cc(Nc2nc(N[C@H]3CCCC[C@H]3N)n3ccnc3c2C(N)=O)cc(OC)c1C. The van der Waals surface area contributed by atoms with Gasteiger partial charge < -0.3 is 31.6 Å². The van der Waals surface area contributed by atoms with Crippen LogP contribution in [0, 0.1) is 6.92 Å². The number of primary amides is 1. The summed E-state index contributed by atoms with van der Waals surface area (Å²) in [6, 6.07) is 3.73. The molecule has 2 heterocycles. The van der Waals surface area contributed by atoms with E-state index in [0.717, 1.165) is 31.2 Å². The number of ether oxygens (including phenoxy) is 2. The number of hydrogen-bond acceptors (Lipinski definition) is 8. The van der Waals surface area contributed by atoms with Gasteiger partial charge in [0.25, 0.3) is 5.91 Å². The van der Waals surface area contributed by atoms with Gasteiger partial charge in [0.2, 0.25) is 5.95 Å². The highest BCUT2D eigenvalue weighted by molar-refractivity contribution is 6.04. The average Bonchev–Trinajstić information content (AvgIpc) is 3.26. The van der Waals surface area contributed by atoms with Crippen molar-refractivity contribution in [3.05, 3.63) is 35.7 Å². The summed E-state index contributed by atoms with van der Waals surface area (Å²) in [5, 5.41) is 6.66. The fourth-order valence-corrected chi connectivity index (χ4v) is 4.20. The van der Waals surface area contributed by atoms with Crippen LogP contribution in [0.2, 0.25) is 0 Å². The number of nitrogens with two attached hydrogens (primary N) is 2. The molecule has 0 radical (unpaired) electrons. The number of carbonyl (C=O) groups is 1. The van der Waals surface area contributed by atoms with E-state index in [-0.39, 0.29) is 23.5 Å². The Hall–Kier alpha value is -3.53. The Labute approximate surface area is 186 Å². The van der Waals surface area contributed by atoms with Crippen LogP contribution in [-0.2, 0) is 0 Å². The first-order chi connectivity index (χ1) is 15.4. The fraction of sp³-hybridized carbons (Fsp3) is 0.409. The molecule has 1 saturated carbocycles. The van der Waals surface area contributed by atoms with E-state index in [4.69, 9.17) is 25.9 Å². The third kappa shape index (κ3) is 4.01. The number of nitrogens with zero attached hydrogens (tertiary/aromatic N) is 3. The molecule has 10 nitrogen and oxygen atoms in total. The van der Waals surface area contributed by atoms with Crippen molar-refractivity contribution in [3.63, 3.8) is 0 Å². The highest BCUT2D eigenvalue weighted by atomic mass is 16.5. The van der Waals surface area contributed by atoms with Crippen LogP contribution < -0.4 is 31.6 Å². The molecule has 6 N–H and O–H groups in total. The van der Waals surface area contributed by atoms with Crippen LogP contribution in [0.1, 0.15) is 41.6 Å². The highest BCUT2D eigenvalue weighted by Gasteiger charge is 2.25. The number of nitrogens with one attached hydrogen (secondary N) is 2. The molecule has 1 aliphatic rings. The molecule has 170 valence electrons. The van der Waals surface area contributed by atoms with Crippen molar-refractivity contribution in [1.29, 1.82) is 0 Å². The van der Waals surface area contributed by atoms with Crippen molar-refractivity contribution >= 4 is 29.0 Å². The van der Waals surface area contributed by atoms with Crippen molar-refractivity contribution < 1.29 is 14.3 Å². The van der Waals surface area contributed by atoms with Crippen LogP contribution in [0.25, 0.3) is 5.65 Å². The molecule has 4 rings (SSSR count). The molecule has 2 aromatic heterocycles. The summed E-state index contributed by atoms with van der Waals surface area (Å²) in [5.41, 5.74) is 14.1. The molecule has 0 aliphatic heterocycles. The van der Waals surface area contributed by atoms with Gasteiger partial charge >= 0.3 is 0 Å². The summed E-state index contributed by atoms with van der Waals surface area (Å²) in [7, 11) is 3.18. The number of benzene rings is 1. The lowest BCUT2D eigenvalue weighted by atomic mass is 9.91. The zero-order valence-electron chi connectivity index (χ0n) is 18.5. The summed E-state index contributed by atoms with van der Waals surface area (Å²) >= 11 is 0. The average molecular weight is 440 g/mol. The molecule has 2 atom stereocenters. The van der Waals surface area contributed by atoms with Crippen molar-refractivity contribution in [2.75, 3.05) is 24.9 Å². The summed E-state index contributed by atoms with van der Waals surface area (Å²) < 4.78 is 12.7. The number of fused-ring (bicyclic) bond motifs is 1. The quantitative estimate of drug-likeness (QED) is 0.440. The molecular weight excluding hydrogens is 410 g/mol. The Morgan fingerprint density at radius 3 is 2.50 bits per heavy atom. The maximum Gasteiger partial charge on any atom is 0.256 e. The predicted molar refractivity (Wildman–Crippen MR) is 123 cm³/mol. The van der Waals surface area contributed by atoms with Gasteiger partial charge in [0.1, 0.15) is 17.1 Å². The largest absolute Gasteiger partial charge is 0.496 e. The topological polar surface area (TPSA) is 142 Å². The summed E-state index contributed by atoms with van der Waals surface area (Å²) in [4.78, 5) is 21.4. The number of rotatable bonds is 7. The first kappa shape index (κ1) is 21.7. The Balaban J connectivity index is 1.80. The molecule has 1 aliphatic carbocycles. The Bertz CT molecular complexity index is 1120. The summed E-state index contributed by atoms with van der Waals surface area (Å²) in [6.45, 7) is 1.90. The van der Waals surface area contributed by atoms with Crippen molar-refractivity contribution in [2.45, 2.75) is 44.7 Å². The van der Waals surface area contributed by atoms with Gasteiger partial charge in [-0.1, -0.05) is 12.8 Å². The van der Waals surface area contributed by atoms with Crippen LogP contribution in [0.4, 0.5) is 17.5 Å². The van der Waals surface area contributed by atoms with E-state index >= 15 is 0 Å². The number of imidazole rings is 1. The normalized spacial score (nSPS) is 18.4. The lowest BCUT2D eigenvalue weighted by Gasteiger charge is -2.30. The van der Waals surface area contributed by atoms with Crippen molar-refractivity contribution in [1.82, 2.24) is 14.4 Å². The zero-order valence-corrected chi connectivity index (χ0v) is 18.5. The van der Waals surface area contributed by atoms with Gasteiger partial charge in [0, 0.05) is 47.9 Å². The smallest absolute Gasteiger partial charge is 0.256 e. The monoisotopic (exact) mass is 439 g/mol. The van der Waals surface area contributed by atoms with Crippen LogP contribution >= 0.6 is 0 Å². The van der Waals surface area contributed by atoms with Crippen LogP contribution in [-0.4, -0.2) is 46.6 Å². The fourth-order valence-electron chi connectivity index (χ4n) is 4.20. The second kappa shape index (κ2) is 8.91. The molecule has 0 bridgehead atoms. The number of hydrogen-bond donors (Lipinski definition) is 4. The van der Waals surface area contributed by atoms with E-state index in [1.54, 1.807) is 31.0 Å². The molecule has 32 heavy (non-hydrogen) atoms. The molecule has 0 saturated heterocycles. The molecular formula is C22H29N7O3. The Morgan fingerprint density at radius 1 is 1.19 bits per heavy atom. The van der Waals surface area contributed by atoms with E-state index in [9.17, 15) is 4.79 Å². The van der Waals surface area contributed by atoms with E-state index < -0.39 is 5.91 Å². The van der Waals surface area contributed by atoms with Gasteiger partial charge in [0.05, 0.1) is 14.2 Å². The van der Waals surface area contributed by atoms with Crippen molar-refractivity contribution in [3.8, 4) is 11.5 Å². The van der Waals surface area contributed by atoms with E-state index in [1.165, 1.54) is 0 Å². The summed E-state index contributed by atoms with van der Waals surface area (Å²) in [5.74, 6) is 1.47. The van der Waals surface area contributed by atoms with Crippen molar-refractivity contribution in [2.24, 2.45) is 11.5 Å². The maximum absolute atomic E-state index is 12.4. The third-order valence-corrected chi connectivity index (χ3v) is 5.94. The second-order valence-corrected chi connectivity index (χ2v) is 7.97. The standard InChI is InChI=1S/C22H29N7O3/c1-12-16(31-2)10-13(11-17(12)32-3)26-20-18(19(24)30)21-25-8-9-29(21)22(28-20)27-15-7-5-4-6-14(15)23/h8-11,14-15,26H,4-7,23H2,1-3H3,(H2,24,30)(H,27,28)/t14-,15+/m1/s1. The van der Waals surface area contributed by atoms with Gasteiger partial charge in [-0.2, -0.15) is 4.98 Å². The maximum atomic E-state index is 12.4. The second-order valence-electron chi connectivity index (χ2n) is 7.97. The van der Waals surface area contributed by atoms with Crippen LogP contribution in [0.15, 0.2) is 24.5 Å². The van der Waals surface area contributed by atoms with E-state index in [2.05, 4.69) is 15.6 Å². The minimum Gasteiger partial charge on any atom is -0.496 e. The molecule has 3 aromatic rings. The third-order valence-electron chi connectivity index (χ3n) is 5.94. The minimum absolute atomic E-state index is 0.0296. The molecule has 1 fully saturated rings. The lowest BCUT2D eigenvalue weighted by molar-refractivity contribution is 0.100. The first-order valence-electron chi connectivity index (χ1n) is 10.6. The van der Waals surface area contributed by atoms with E-state index in [0.29, 0.717) is 28.8 Å². The number of aromatic nitrogens is 3. The highest BCUT2D eigenvalue weighted by Crippen LogP contribution is 2.34. The van der Waals surface area contributed by atoms with Gasteiger partial charge in [0.15, 0.2) is 11.5 Å². The molecule has 1 aromatic carbocycles. The zero-order chi connectivity index (χ0) is 22.8. The molecule has 1 amide bonds.